The summed E-state index contributed by atoms with van der Waals surface area (Å²) in [6, 6.07) is 15.2. The highest BCUT2D eigenvalue weighted by atomic mass is 16.5. The van der Waals surface area contributed by atoms with Gasteiger partial charge in [-0.3, -0.25) is 9.59 Å². The van der Waals surface area contributed by atoms with Gasteiger partial charge >= 0.3 is 0 Å². The number of piperidine rings is 1. The van der Waals surface area contributed by atoms with E-state index in [0.29, 0.717) is 29.5 Å². The summed E-state index contributed by atoms with van der Waals surface area (Å²) in [7, 11) is 0. The Labute approximate surface area is 194 Å². The van der Waals surface area contributed by atoms with Gasteiger partial charge in [-0.1, -0.05) is 38.1 Å². The van der Waals surface area contributed by atoms with Crippen LogP contribution in [0.4, 0.5) is 5.69 Å². The number of hydrogen-bond acceptors (Lipinski definition) is 5. The van der Waals surface area contributed by atoms with Crippen molar-refractivity contribution in [1.82, 2.24) is 15.0 Å². The van der Waals surface area contributed by atoms with Crippen molar-refractivity contribution in [2.75, 3.05) is 18.4 Å². The zero-order valence-corrected chi connectivity index (χ0v) is 19.6. The number of nitrogens with zero attached hydrogens (tertiary/aromatic N) is 3. The standard InChI is InChI=1S/C26H30N4O3/c1-17(31)27-22-13-9-18(10-14-22)23-28-24(33-29-23)20-6-5-15-30(16-20)25(32)19-7-11-21(12-8-19)26(2,3)4/h7-14,20H,5-6,15-16H2,1-4H3,(H,27,31)/t20-/m0/s1. The number of hydrogen-bond donors (Lipinski definition) is 1. The molecule has 1 aliphatic rings. The fraction of sp³-hybridized carbons (Fsp3) is 0.385. The zero-order valence-electron chi connectivity index (χ0n) is 19.6. The molecule has 1 saturated heterocycles. The highest BCUT2D eigenvalue weighted by Gasteiger charge is 2.29. The summed E-state index contributed by atoms with van der Waals surface area (Å²) < 4.78 is 5.57. The lowest BCUT2D eigenvalue weighted by Crippen LogP contribution is -2.39. The second kappa shape index (κ2) is 9.17. The summed E-state index contributed by atoms with van der Waals surface area (Å²) in [5.41, 5.74) is 3.49. The second-order valence-electron chi connectivity index (χ2n) is 9.63. The van der Waals surface area contributed by atoms with E-state index in [-0.39, 0.29) is 23.1 Å². The Balaban J connectivity index is 1.44. The van der Waals surface area contributed by atoms with Crippen LogP contribution in [0.1, 0.15) is 68.3 Å². The van der Waals surface area contributed by atoms with Crippen molar-refractivity contribution in [3.63, 3.8) is 0 Å². The Morgan fingerprint density at radius 2 is 1.76 bits per heavy atom. The number of benzene rings is 2. The minimum atomic E-state index is -0.119. The average molecular weight is 447 g/mol. The molecule has 7 nitrogen and oxygen atoms in total. The summed E-state index contributed by atoms with van der Waals surface area (Å²) in [4.78, 5) is 30.8. The number of anilines is 1. The Bertz CT molecular complexity index is 1130. The molecule has 0 aliphatic carbocycles. The molecule has 0 saturated carbocycles. The summed E-state index contributed by atoms with van der Waals surface area (Å²) in [5, 5.41) is 6.87. The van der Waals surface area contributed by atoms with E-state index in [1.54, 1.807) is 12.1 Å². The smallest absolute Gasteiger partial charge is 0.253 e. The lowest BCUT2D eigenvalue weighted by atomic mass is 9.86. The summed E-state index contributed by atoms with van der Waals surface area (Å²) in [6.45, 7) is 9.24. The first-order chi connectivity index (χ1) is 15.7. The van der Waals surface area contributed by atoms with Crippen molar-refractivity contribution in [3.05, 3.63) is 65.5 Å². The number of nitrogens with one attached hydrogen (secondary N) is 1. The molecule has 2 heterocycles. The van der Waals surface area contributed by atoms with Crippen LogP contribution in [0, 0.1) is 0 Å². The van der Waals surface area contributed by atoms with Gasteiger partial charge in [-0.25, -0.2) is 0 Å². The van der Waals surface area contributed by atoms with Crippen LogP contribution in [0.2, 0.25) is 0 Å². The van der Waals surface area contributed by atoms with Gasteiger partial charge in [0.05, 0.1) is 5.92 Å². The fourth-order valence-electron chi connectivity index (χ4n) is 4.08. The molecule has 172 valence electrons. The molecule has 7 heteroatoms. The molecular formula is C26H30N4O3. The maximum atomic E-state index is 13.1. The number of likely N-dealkylation sites (tertiary alicyclic amines) is 1. The van der Waals surface area contributed by atoms with Crippen LogP contribution in [0.25, 0.3) is 11.4 Å². The fourth-order valence-corrected chi connectivity index (χ4v) is 4.08. The molecule has 2 amide bonds. The molecule has 1 aliphatic heterocycles. The molecule has 0 spiro atoms. The molecule has 0 bridgehead atoms. The predicted molar refractivity (Wildman–Crippen MR) is 127 cm³/mol. The second-order valence-corrected chi connectivity index (χ2v) is 9.63. The Morgan fingerprint density at radius 3 is 2.39 bits per heavy atom. The van der Waals surface area contributed by atoms with Crippen molar-refractivity contribution in [3.8, 4) is 11.4 Å². The SMILES string of the molecule is CC(=O)Nc1ccc(-c2noc([C@H]3CCCN(C(=O)c4ccc(C(C)(C)C)cc4)C3)n2)cc1. The van der Waals surface area contributed by atoms with Gasteiger partial charge in [0.2, 0.25) is 17.6 Å². The summed E-state index contributed by atoms with van der Waals surface area (Å²) >= 11 is 0. The lowest BCUT2D eigenvalue weighted by Gasteiger charge is -2.31. The molecule has 1 fully saturated rings. The Kier molecular flexibility index (Phi) is 6.31. The third-order valence-corrected chi connectivity index (χ3v) is 5.96. The van der Waals surface area contributed by atoms with Crippen LogP contribution in [0.3, 0.4) is 0 Å². The third kappa shape index (κ3) is 5.30. The molecular weight excluding hydrogens is 416 g/mol. The molecule has 3 aromatic rings. The summed E-state index contributed by atoms with van der Waals surface area (Å²) in [6.07, 6.45) is 1.79. The van der Waals surface area contributed by atoms with Gasteiger partial charge in [0.1, 0.15) is 0 Å². The molecule has 4 rings (SSSR count). The van der Waals surface area contributed by atoms with Crippen molar-refractivity contribution < 1.29 is 14.1 Å². The number of carbonyl (C=O) groups excluding carboxylic acids is 2. The van der Waals surface area contributed by atoms with E-state index in [4.69, 9.17) is 4.52 Å². The van der Waals surface area contributed by atoms with E-state index in [9.17, 15) is 9.59 Å². The molecule has 1 N–H and O–H groups in total. The van der Waals surface area contributed by atoms with Crippen molar-refractivity contribution in [2.45, 2.75) is 51.9 Å². The van der Waals surface area contributed by atoms with E-state index < -0.39 is 0 Å². The topological polar surface area (TPSA) is 88.3 Å². The number of amides is 2. The maximum absolute atomic E-state index is 13.1. The van der Waals surface area contributed by atoms with E-state index in [1.807, 2.05) is 41.3 Å². The normalized spacial score (nSPS) is 16.5. The van der Waals surface area contributed by atoms with Gasteiger partial charge in [0.25, 0.3) is 5.91 Å². The first kappa shape index (κ1) is 22.7. The number of carbonyl (C=O) groups is 2. The van der Waals surface area contributed by atoms with Gasteiger partial charge in [-0.05, 0) is 60.2 Å². The van der Waals surface area contributed by atoms with Crippen LogP contribution in [-0.4, -0.2) is 39.9 Å². The Morgan fingerprint density at radius 1 is 1.06 bits per heavy atom. The predicted octanol–water partition coefficient (Wildman–Crippen LogP) is 5.01. The van der Waals surface area contributed by atoms with E-state index in [0.717, 1.165) is 24.9 Å². The van der Waals surface area contributed by atoms with E-state index in [1.165, 1.54) is 12.5 Å². The zero-order chi connectivity index (χ0) is 23.6. The van der Waals surface area contributed by atoms with Gasteiger partial charge < -0.3 is 14.7 Å². The quantitative estimate of drug-likeness (QED) is 0.608. The Hall–Kier alpha value is -3.48. The molecule has 1 aromatic heterocycles. The van der Waals surface area contributed by atoms with Crippen LogP contribution in [-0.2, 0) is 10.2 Å². The molecule has 2 aromatic carbocycles. The van der Waals surface area contributed by atoms with E-state index >= 15 is 0 Å². The molecule has 0 unspecified atom stereocenters. The molecule has 0 radical (unpaired) electrons. The van der Waals surface area contributed by atoms with Crippen LogP contribution in [0.15, 0.2) is 53.1 Å². The first-order valence-electron chi connectivity index (χ1n) is 11.3. The molecule has 33 heavy (non-hydrogen) atoms. The number of rotatable bonds is 4. The average Bonchev–Trinajstić information content (AvgIpc) is 3.29. The van der Waals surface area contributed by atoms with Gasteiger partial charge in [0.15, 0.2) is 0 Å². The van der Waals surface area contributed by atoms with Gasteiger partial charge in [-0.2, -0.15) is 4.98 Å². The highest BCUT2D eigenvalue weighted by molar-refractivity contribution is 5.94. The summed E-state index contributed by atoms with van der Waals surface area (Å²) in [5.74, 6) is 0.980. The van der Waals surface area contributed by atoms with Gasteiger partial charge in [0, 0.05) is 36.8 Å². The van der Waals surface area contributed by atoms with Crippen LogP contribution >= 0.6 is 0 Å². The number of aromatic nitrogens is 2. The van der Waals surface area contributed by atoms with Crippen molar-refractivity contribution in [2.24, 2.45) is 0 Å². The van der Waals surface area contributed by atoms with E-state index in [2.05, 4.69) is 36.2 Å². The maximum Gasteiger partial charge on any atom is 0.253 e. The largest absolute Gasteiger partial charge is 0.339 e. The van der Waals surface area contributed by atoms with Crippen LogP contribution < -0.4 is 5.32 Å². The monoisotopic (exact) mass is 446 g/mol. The van der Waals surface area contributed by atoms with Crippen molar-refractivity contribution >= 4 is 17.5 Å². The van der Waals surface area contributed by atoms with Gasteiger partial charge in [-0.15, -0.1) is 0 Å². The lowest BCUT2D eigenvalue weighted by molar-refractivity contribution is -0.114. The minimum absolute atomic E-state index is 0.0106. The highest BCUT2D eigenvalue weighted by Crippen LogP contribution is 2.29. The van der Waals surface area contributed by atoms with Crippen LogP contribution in [0.5, 0.6) is 0 Å². The third-order valence-electron chi connectivity index (χ3n) is 5.96. The first-order valence-corrected chi connectivity index (χ1v) is 11.3. The molecule has 1 atom stereocenters. The van der Waals surface area contributed by atoms with Crippen molar-refractivity contribution in [1.29, 1.82) is 0 Å². The minimum Gasteiger partial charge on any atom is -0.339 e.